The Morgan fingerprint density at radius 3 is 2.20 bits per heavy atom. The molecule has 0 aliphatic heterocycles. The van der Waals surface area contributed by atoms with Gasteiger partial charge in [-0.25, -0.2) is 4.98 Å². The molecule has 0 aliphatic carbocycles. The van der Waals surface area contributed by atoms with E-state index in [4.69, 9.17) is 27.9 Å². The van der Waals surface area contributed by atoms with Crippen molar-refractivity contribution in [3.8, 4) is 11.6 Å². The Labute approximate surface area is 129 Å². The standard InChI is InChI=1S/C16H17Cl2NO/c1-9-5-10(2)15(11(3)6-9)20-16-13(8-17)14(18)7-12(4)19-16/h5-7H,8H2,1-4H3. The first-order valence-corrected chi connectivity index (χ1v) is 7.31. The van der Waals surface area contributed by atoms with Gasteiger partial charge in [-0.15, -0.1) is 11.6 Å². The molecule has 0 fully saturated rings. The summed E-state index contributed by atoms with van der Waals surface area (Å²) in [7, 11) is 0. The fraction of sp³-hybridized carbons (Fsp3) is 0.312. The zero-order valence-electron chi connectivity index (χ0n) is 12.1. The van der Waals surface area contributed by atoms with Gasteiger partial charge >= 0.3 is 0 Å². The summed E-state index contributed by atoms with van der Waals surface area (Å²) >= 11 is 12.2. The summed E-state index contributed by atoms with van der Waals surface area (Å²) in [5.74, 6) is 1.57. The number of pyridine rings is 1. The molecule has 0 N–H and O–H groups in total. The molecule has 1 aromatic carbocycles. The first-order valence-electron chi connectivity index (χ1n) is 6.40. The van der Waals surface area contributed by atoms with Gasteiger partial charge < -0.3 is 4.74 Å². The van der Waals surface area contributed by atoms with Gasteiger partial charge in [-0.05, 0) is 44.9 Å². The van der Waals surface area contributed by atoms with Gasteiger partial charge in [-0.3, -0.25) is 0 Å². The number of benzene rings is 1. The van der Waals surface area contributed by atoms with Crippen LogP contribution in [0.5, 0.6) is 11.6 Å². The minimum absolute atomic E-state index is 0.269. The SMILES string of the molecule is Cc1cc(C)c(Oc2nc(C)cc(Cl)c2CCl)c(C)c1. The molecule has 0 saturated carbocycles. The minimum Gasteiger partial charge on any atom is -0.438 e. The fourth-order valence-corrected chi connectivity index (χ4v) is 2.89. The van der Waals surface area contributed by atoms with Crippen molar-refractivity contribution in [2.24, 2.45) is 0 Å². The van der Waals surface area contributed by atoms with E-state index in [1.807, 2.05) is 20.8 Å². The summed E-state index contributed by atoms with van der Waals surface area (Å²) in [5, 5.41) is 0.588. The molecule has 0 aliphatic rings. The molecule has 0 bridgehead atoms. The third-order valence-electron chi connectivity index (χ3n) is 3.10. The van der Waals surface area contributed by atoms with E-state index < -0.39 is 0 Å². The molecule has 2 nitrogen and oxygen atoms in total. The Morgan fingerprint density at radius 2 is 1.65 bits per heavy atom. The van der Waals surface area contributed by atoms with Crippen LogP contribution in [0.4, 0.5) is 0 Å². The monoisotopic (exact) mass is 309 g/mol. The zero-order valence-corrected chi connectivity index (χ0v) is 13.6. The molecule has 20 heavy (non-hydrogen) atoms. The van der Waals surface area contributed by atoms with Crippen LogP contribution < -0.4 is 4.74 Å². The molecule has 1 heterocycles. The maximum atomic E-state index is 6.20. The fourth-order valence-electron chi connectivity index (χ4n) is 2.26. The van der Waals surface area contributed by atoms with E-state index >= 15 is 0 Å². The number of hydrogen-bond donors (Lipinski definition) is 0. The van der Waals surface area contributed by atoms with E-state index in [0.717, 1.165) is 28.1 Å². The number of aromatic nitrogens is 1. The number of rotatable bonds is 3. The van der Waals surface area contributed by atoms with Crippen molar-refractivity contribution in [2.75, 3.05) is 0 Å². The second-order valence-electron chi connectivity index (χ2n) is 4.99. The highest BCUT2D eigenvalue weighted by atomic mass is 35.5. The van der Waals surface area contributed by atoms with Gasteiger partial charge in [-0.1, -0.05) is 29.3 Å². The van der Waals surface area contributed by atoms with Crippen LogP contribution in [0.2, 0.25) is 5.02 Å². The lowest BCUT2D eigenvalue weighted by atomic mass is 10.1. The lowest BCUT2D eigenvalue weighted by molar-refractivity contribution is 0.450. The Bertz CT molecular complexity index is 630. The topological polar surface area (TPSA) is 22.1 Å². The molecule has 0 spiro atoms. The predicted octanol–water partition coefficient (Wildman–Crippen LogP) is 5.50. The molecule has 4 heteroatoms. The largest absolute Gasteiger partial charge is 0.438 e. The van der Waals surface area contributed by atoms with Crippen LogP contribution in [-0.4, -0.2) is 4.98 Å². The molecule has 0 unspecified atom stereocenters. The summed E-state index contributed by atoms with van der Waals surface area (Å²) in [6.07, 6.45) is 0. The molecule has 0 radical (unpaired) electrons. The normalized spacial score (nSPS) is 10.7. The number of ether oxygens (including phenoxy) is 1. The summed E-state index contributed by atoms with van der Waals surface area (Å²) in [4.78, 5) is 4.41. The lowest BCUT2D eigenvalue weighted by Crippen LogP contribution is -1.99. The Balaban J connectivity index is 2.50. The summed E-state index contributed by atoms with van der Waals surface area (Å²) in [5.41, 5.74) is 4.88. The molecular formula is C16H17Cl2NO. The van der Waals surface area contributed by atoms with E-state index in [0.29, 0.717) is 10.9 Å². The molecule has 0 atom stereocenters. The number of nitrogens with zero attached hydrogens (tertiary/aromatic N) is 1. The molecular weight excluding hydrogens is 293 g/mol. The first-order chi connectivity index (χ1) is 9.42. The van der Waals surface area contributed by atoms with Gasteiger partial charge in [0.2, 0.25) is 5.88 Å². The van der Waals surface area contributed by atoms with Gasteiger partial charge in [-0.2, -0.15) is 0 Å². The molecule has 2 aromatic rings. The maximum Gasteiger partial charge on any atom is 0.225 e. The summed E-state index contributed by atoms with van der Waals surface area (Å²) in [6, 6.07) is 5.96. The smallest absolute Gasteiger partial charge is 0.225 e. The van der Waals surface area contributed by atoms with Crippen molar-refractivity contribution in [3.05, 3.63) is 51.2 Å². The van der Waals surface area contributed by atoms with E-state index in [1.54, 1.807) is 6.07 Å². The maximum absolute atomic E-state index is 6.20. The Morgan fingerprint density at radius 1 is 1.05 bits per heavy atom. The molecule has 0 saturated heterocycles. The van der Waals surface area contributed by atoms with Crippen LogP contribution in [0.25, 0.3) is 0 Å². The van der Waals surface area contributed by atoms with E-state index in [9.17, 15) is 0 Å². The minimum atomic E-state index is 0.269. The summed E-state index contributed by atoms with van der Waals surface area (Å²) in [6.45, 7) is 7.99. The van der Waals surface area contributed by atoms with Gasteiger partial charge in [0.05, 0.1) is 10.9 Å². The lowest BCUT2D eigenvalue weighted by Gasteiger charge is -2.15. The number of hydrogen-bond acceptors (Lipinski definition) is 2. The second-order valence-corrected chi connectivity index (χ2v) is 5.67. The van der Waals surface area contributed by atoms with Crippen LogP contribution in [0.3, 0.4) is 0 Å². The van der Waals surface area contributed by atoms with Crippen molar-refractivity contribution in [3.63, 3.8) is 0 Å². The molecule has 1 aromatic heterocycles. The van der Waals surface area contributed by atoms with Crippen LogP contribution in [-0.2, 0) is 5.88 Å². The van der Waals surface area contributed by atoms with E-state index in [2.05, 4.69) is 24.0 Å². The van der Waals surface area contributed by atoms with Crippen LogP contribution in [0, 0.1) is 27.7 Å². The van der Waals surface area contributed by atoms with Gasteiger partial charge in [0.15, 0.2) is 0 Å². The third kappa shape index (κ3) is 3.08. The van der Waals surface area contributed by atoms with Crippen molar-refractivity contribution in [2.45, 2.75) is 33.6 Å². The van der Waals surface area contributed by atoms with Crippen molar-refractivity contribution >= 4 is 23.2 Å². The van der Waals surface area contributed by atoms with Crippen LogP contribution in [0.15, 0.2) is 18.2 Å². The first kappa shape index (κ1) is 15.1. The van der Waals surface area contributed by atoms with E-state index in [1.165, 1.54) is 5.56 Å². The summed E-state index contributed by atoms with van der Waals surface area (Å²) < 4.78 is 6.00. The average molecular weight is 310 g/mol. The quantitative estimate of drug-likeness (QED) is 0.698. The van der Waals surface area contributed by atoms with Gasteiger partial charge in [0.25, 0.3) is 0 Å². The van der Waals surface area contributed by atoms with E-state index in [-0.39, 0.29) is 5.88 Å². The Hall–Kier alpha value is -1.25. The van der Waals surface area contributed by atoms with Crippen LogP contribution >= 0.6 is 23.2 Å². The number of halogens is 2. The number of aryl methyl sites for hydroxylation is 4. The van der Waals surface area contributed by atoms with Crippen molar-refractivity contribution in [1.82, 2.24) is 4.98 Å². The highest BCUT2D eigenvalue weighted by molar-refractivity contribution is 6.32. The average Bonchev–Trinajstić information content (AvgIpc) is 2.33. The second kappa shape index (κ2) is 6.02. The molecule has 106 valence electrons. The van der Waals surface area contributed by atoms with Gasteiger partial charge in [0, 0.05) is 11.3 Å². The van der Waals surface area contributed by atoms with Crippen molar-refractivity contribution < 1.29 is 4.74 Å². The third-order valence-corrected chi connectivity index (χ3v) is 3.70. The van der Waals surface area contributed by atoms with Gasteiger partial charge in [0.1, 0.15) is 5.75 Å². The van der Waals surface area contributed by atoms with Crippen molar-refractivity contribution in [1.29, 1.82) is 0 Å². The highest BCUT2D eigenvalue weighted by Gasteiger charge is 2.14. The molecule has 2 rings (SSSR count). The van der Waals surface area contributed by atoms with Crippen LogP contribution in [0.1, 0.15) is 27.9 Å². The zero-order chi connectivity index (χ0) is 14.9. The number of alkyl halides is 1. The predicted molar refractivity (Wildman–Crippen MR) is 84.3 cm³/mol. The highest BCUT2D eigenvalue weighted by Crippen LogP contribution is 2.34. The molecule has 0 amide bonds. The Kier molecular flexibility index (Phi) is 4.56.